The molecule has 0 aromatic carbocycles. The van der Waals surface area contributed by atoms with Gasteiger partial charge < -0.3 is 15.0 Å². The molecule has 0 aliphatic heterocycles. The quantitative estimate of drug-likeness (QED) is 0.761. The molecular weight excluding hydrogens is 232 g/mol. The van der Waals surface area contributed by atoms with Gasteiger partial charge >= 0.3 is 0 Å². The maximum Gasteiger partial charge on any atom is 0.223 e. The van der Waals surface area contributed by atoms with Crippen LogP contribution in [0.15, 0.2) is 17.1 Å². The van der Waals surface area contributed by atoms with Gasteiger partial charge in [0.25, 0.3) is 0 Å². The van der Waals surface area contributed by atoms with Crippen LogP contribution in [0.4, 0.5) is 0 Å². The third-order valence-electron chi connectivity index (χ3n) is 2.05. The monoisotopic (exact) mass is 244 g/mol. The topological polar surface area (TPSA) is 74.3 Å². The zero-order valence-electron chi connectivity index (χ0n) is 8.90. The normalized spacial score (nSPS) is 10.1. The van der Waals surface area contributed by atoms with Gasteiger partial charge in [0.2, 0.25) is 11.3 Å². The van der Waals surface area contributed by atoms with Gasteiger partial charge in [-0.15, -0.1) is 11.6 Å². The fourth-order valence-corrected chi connectivity index (χ4v) is 1.42. The first-order valence-corrected chi connectivity index (χ1v) is 5.24. The number of hydrogen-bond acceptors (Lipinski definition) is 3. The number of aromatic nitrogens is 1. The van der Waals surface area contributed by atoms with Gasteiger partial charge in [-0.2, -0.15) is 0 Å². The second kappa shape index (κ2) is 5.55. The lowest BCUT2D eigenvalue weighted by Crippen LogP contribution is -2.18. The van der Waals surface area contributed by atoms with Crippen molar-refractivity contribution in [2.45, 2.75) is 12.3 Å². The van der Waals surface area contributed by atoms with Crippen molar-refractivity contribution in [3.05, 3.63) is 28.2 Å². The third-order valence-corrected chi connectivity index (χ3v) is 2.32. The van der Waals surface area contributed by atoms with E-state index in [0.717, 1.165) is 0 Å². The fourth-order valence-electron chi connectivity index (χ4n) is 1.15. The first-order chi connectivity index (χ1) is 7.54. The molecule has 0 saturated heterocycles. The van der Waals surface area contributed by atoms with Gasteiger partial charge in [-0.05, 0) is 0 Å². The van der Waals surface area contributed by atoms with E-state index < -0.39 is 5.91 Å². The molecule has 0 aliphatic rings. The molecule has 0 bridgehead atoms. The van der Waals surface area contributed by atoms with E-state index >= 15 is 0 Å². The van der Waals surface area contributed by atoms with Crippen LogP contribution in [0.3, 0.4) is 0 Å². The Hall–Kier alpha value is -1.49. The van der Waals surface area contributed by atoms with Crippen LogP contribution in [0.5, 0.6) is 5.75 Å². The number of ether oxygens (including phenoxy) is 1. The predicted molar refractivity (Wildman–Crippen MR) is 60.5 cm³/mol. The molecule has 0 spiro atoms. The molecule has 6 heteroatoms. The molecule has 0 saturated carbocycles. The summed E-state index contributed by atoms with van der Waals surface area (Å²) in [6.45, 7) is 0.102. The predicted octanol–water partition coefficient (Wildman–Crippen LogP) is 0.378. The Bertz CT molecular complexity index is 442. The van der Waals surface area contributed by atoms with Gasteiger partial charge in [-0.25, -0.2) is 0 Å². The van der Waals surface area contributed by atoms with Crippen molar-refractivity contribution in [3.63, 3.8) is 0 Å². The molecule has 0 unspecified atom stereocenters. The van der Waals surface area contributed by atoms with E-state index in [4.69, 9.17) is 22.1 Å². The molecule has 1 aromatic rings. The fraction of sp³-hybridized carbons (Fsp3) is 0.400. The van der Waals surface area contributed by atoms with E-state index in [1.807, 2.05) is 0 Å². The average molecular weight is 245 g/mol. The Morgan fingerprint density at radius 1 is 1.62 bits per heavy atom. The smallest absolute Gasteiger partial charge is 0.223 e. The molecule has 0 radical (unpaired) electrons. The molecule has 1 heterocycles. The van der Waals surface area contributed by atoms with Gasteiger partial charge in [0.1, 0.15) is 0 Å². The van der Waals surface area contributed by atoms with Crippen molar-refractivity contribution >= 4 is 17.5 Å². The second-order valence-electron chi connectivity index (χ2n) is 3.30. The molecule has 5 nitrogen and oxygen atoms in total. The van der Waals surface area contributed by atoms with E-state index in [9.17, 15) is 9.59 Å². The summed E-state index contributed by atoms with van der Waals surface area (Å²) in [6, 6.07) is 1.41. The van der Waals surface area contributed by atoms with Gasteiger partial charge in [-0.3, -0.25) is 9.59 Å². The van der Waals surface area contributed by atoms with Crippen molar-refractivity contribution in [1.82, 2.24) is 4.57 Å². The summed E-state index contributed by atoms with van der Waals surface area (Å²) >= 11 is 5.64. The minimum Gasteiger partial charge on any atom is -0.487 e. The first-order valence-electron chi connectivity index (χ1n) is 4.71. The van der Waals surface area contributed by atoms with E-state index in [0.29, 0.717) is 5.69 Å². The number of alkyl halides is 1. The molecule has 0 atom stereocenters. The number of hydrogen-bond donors (Lipinski definition) is 1. The van der Waals surface area contributed by atoms with Crippen molar-refractivity contribution < 1.29 is 9.53 Å². The maximum absolute atomic E-state index is 11.5. The molecular formula is C10H13ClN2O3. The Morgan fingerprint density at radius 3 is 2.88 bits per heavy atom. The van der Waals surface area contributed by atoms with E-state index in [1.165, 1.54) is 6.07 Å². The lowest BCUT2D eigenvalue weighted by Gasteiger charge is -2.09. The molecule has 1 rings (SSSR count). The molecule has 1 aromatic heterocycles. The molecule has 1 amide bonds. The Labute approximate surface area is 97.8 Å². The van der Waals surface area contributed by atoms with Crippen molar-refractivity contribution in [2.75, 3.05) is 6.61 Å². The van der Waals surface area contributed by atoms with Gasteiger partial charge in [0.05, 0.1) is 25.1 Å². The minimum atomic E-state index is -0.464. The summed E-state index contributed by atoms with van der Waals surface area (Å²) in [5.41, 5.74) is 5.40. The number of carbonyl (C=O) groups is 1. The lowest BCUT2D eigenvalue weighted by molar-refractivity contribution is -0.118. The van der Waals surface area contributed by atoms with Gasteiger partial charge in [0.15, 0.2) is 5.75 Å². The van der Waals surface area contributed by atoms with Crippen LogP contribution in [-0.4, -0.2) is 17.1 Å². The number of carbonyl (C=O) groups excluding carboxylic acids is 1. The molecule has 88 valence electrons. The number of nitrogens with zero attached hydrogens (tertiary/aromatic N) is 1. The lowest BCUT2D eigenvalue weighted by atomic mass is 10.3. The summed E-state index contributed by atoms with van der Waals surface area (Å²) in [7, 11) is 1.76. The number of nitrogens with two attached hydrogens (primary N) is 1. The number of aryl methyl sites for hydroxylation is 1. The number of rotatable bonds is 5. The number of primary amides is 1. The van der Waals surface area contributed by atoms with Crippen LogP contribution in [0.2, 0.25) is 0 Å². The molecule has 16 heavy (non-hydrogen) atoms. The average Bonchev–Trinajstić information content (AvgIpc) is 2.22. The Morgan fingerprint density at radius 2 is 2.31 bits per heavy atom. The molecule has 0 fully saturated rings. The number of amides is 1. The number of halogens is 1. The van der Waals surface area contributed by atoms with E-state index in [-0.39, 0.29) is 30.1 Å². The Kier molecular flexibility index (Phi) is 4.37. The molecule has 2 N–H and O–H groups in total. The third kappa shape index (κ3) is 3.27. The van der Waals surface area contributed by atoms with Crippen LogP contribution in [0, 0.1) is 0 Å². The summed E-state index contributed by atoms with van der Waals surface area (Å²) in [6.07, 6.45) is 1.63. The number of pyridine rings is 1. The zero-order chi connectivity index (χ0) is 12.1. The highest BCUT2D eigenvalue weighted by molar-refractivity contribution is 6.16. The van der Waals surface area contributed by atoms with Crippen LogP contribution in [0.1, 0.15) is 12.1 Å². The van der Waals surface area contributed by atoms with Gasteiger partial charge in [-0.1, -0.05) is 0 Å². The van der Waals surface area contributed by atoms with Crippen molar-refractivity contribution in [3.8, 4) is 5.75 Å². The minimum absolute atomic E-state index is 0.0837. The van der Waals surface area contributed by atoms with Gasteiger partial charge in [0, 0.05) is 18.8 Å². The highest BCUT2D eigenvalue weighted by Crippen LogP contribution is 2.07. The summed E-state index contributed by atoms with van der Waals surface area (Å²) in [4.78, 5) is 22.0. The van der Waals surface area contributed by atoms with Crippen molar-refractivity contribution in [2.24, 2.45) is 12.8 Å². The highest BCUT2D eigenvalue weighted by atomic mass is 35.5. The van der Waals surface area contributed by atoms with Crippen LogP contribution in [-0.2, 0) is 17.7 Å². The summed E-state index contributed by atoms with van der Waals surface area (Å²) in [5, 5.41) is 0. The van der Waals surface area contributed by atoms with Crippen molar-refractivity contribution in [1.29, 1.82) is 0 Å². The Balaban J connectivity index is 2.78. The standard InChI is InChI=1S/C10H13ClN2O3/c1-13-6-9(16-3-2-10(12)15)8(14)4-7(13)5-11/h4,6H,2-3,5H2,1H3,(H2,12,15). The SMILES string of the molecule is Cn1cc(OCCC(N)=O)c(=O)cc1CCl. The largest absolute Gasteiger partial charge is 0.487 e. The summed E-state index contributed by atoms with van der Waals surface area (Å²) < 4.78 is 6.85. The first kappa shape index (κ1) is 12.6. The van der Waals surface area contributed by atoms with Crippen LogP contribution < -0.4 is 15.9 Å². The summed E-state index contributed by atoms with van der Waals surface area (Å²) in [5.74, 6) is -0.0142. The molecule has 0 aliphatic carbocycles. The second-order valence-corrected chi connectivity index (χ2v) is 3.57. The van der Waals surface area contributed by atoms with Crippen LogP contribution in [0.25, 0.3) is 0 Å². The highest BCUT2D eigenvalue weighted by Gasteiger charge is 2.05. The van der Waals surface area contributed by atoms with E-state index in [1.54, 1.807) is 17.8 Å². The zero-order valence-corrected chi connectivity index (χ0v) is 9.66. The van der Waals surface area contributed by atoms with Crippen LogP contribution >= 0.6 is 11.6 Å². The maximum atomic E-state index is 11.5. The van der Waals surface area contributed by atoms with E-state index in [2.05, 4.69) is 0 Å².